The minimum absolute atomic E-state index is 0.0381. The van der Waals surface area contributed by atoms with Crippen LogP contribution in [0.5, 0.6) is 0 Å². The van der Waals surface area contributed by atoms with Crippen molar-refractivity contribution in [2.24, 2.45) is 11.5 Å². The van der Waals surface area contributed by atoms with Crippen LogP contribution < -0.4 is 11.5 Å². The highest BCUT2D eigenvalue weighted by Crippen LogP contribution is 1.94. The lowest BCUT2D eigenvalue weighted by Crippen LogP contribution is -2.39. The summed E-state index contributed by atoms with van der Waals surface area (Å²) in [5.74, 6) is -4.16. The van der Waals surface area contributed by atoms with Gasteiger partial charge in [-0.1, -0.05) is 0 Å². The first-order chi connectivity index (χ1) is 15.7. The first kappa shape index (κ1) is 32.8. The predicted molar refractivity (Wildman–Crippen MR) is 114 cm³/mol. The smallest absolute Gasteiger partial charge is 0.320 e. The summed E-state index contributed by atoms with van der Waals surface area (Å²) in [5.41, 5.74) is 10.2. The van der Waals surface area contributed by atoms with Crippen molar-refractivity contribution in [2.75, 3.05) is 92.0 Å². The van der Waals surface area contributed by atoms with Gasteiger partial charge in [-0.3, -0.25) is 29.0 Å². The number of ether oxygens (including phenoxy) is 3. The fourth-order valence-corrected chi connectivity index (χ4v) is 2.15. The lowest BCUT2D eigenvalue weighted by molar-refractivity contribution is -0.147. The van der Waals surface area contributed by atoms with E-state index in [1.807, 2.05) is 0 Å². The van der Waals surface area contributed by atoms with E-state index < -0.39 is 43.5 Å². The molecule has 0 saturated carbocycles. The van der Waals surface area contributed by atoms with Gasteiger partial charge in [-0.2, -0.15) is 0 Å². The van der Waals surface area contributed by atoms with Crippen LogP contribution >= 0.6 is 0 Å². The van der Waals surface area contributed by atoms with Gasteiger partial charge in [0, 0.05) is 26.2 Å². The van der Waals surface area contributed by atoms with Crippen LogP contribution in [0.1, 0.15) is 0 Å². The van der Waals surface area contributed by atoms with Crippen LogP contribution in [0.25, 0.3) is 0 Å². The quantitative estimate of drug-likeness (QED) is 0.0720. The van der Waals surface area contributed by atoms with Crippen molar-refractivity contribution in [3.8, 4) is 0 Å². The second-order valence-corrected chi connectivity index (χ2v) is 6.35. The van der Waals surface area contributed by atoms with Crippen molar-refractivity contribution in [1.82, 2.24) is 9.80 Å². The van der Waals surface area contributed by atoms with Crippen LogP contribution in [-0.4, -0.2) is 146 Å². The van der Waals surface area contributed by atoms with Crippen LogP contribution in [-0.2, 0) is 33.4 Å². The molecule has 194 valence electrons. The maximum Gasteiger partial charge on any atom is 0.320 e. The summed E-state index contributed by atoms with van der Waals surface area (Å²) in [6.45, 7) is 0.542. The van der Waals surface area contributed by atoms with E-state index in [9.17, 15) is 19.2 Å². The highest BCUT2D eigenvalue weighted by molar-refractivity contribution is 5.74. The largest absolute Gasteiger partial charge is 0.480 e. The average Bonchev–Trinajstić information content (AvgIpc) is 2.71. The minimum Gasteiger partial charge on any atom is -0.480 e. The third kappa shape index (κ3) is 25.7. The molecule has 0 aliphatic carbocycles. The minimum atomic E-state index is -1.17. The number of hydrogen-bond donors (Lipinski definition) is 6. The number of nitrogens with two attached hydrogens (primary N) is 2. The van der Waals surface area contributed by atoms with Gasteiger partial charge in [0.1, 0.15) is 6.61 Å². The van der Waals surface area contributed by atoms with Crippen LogP contribution in [0.3, 0.4) is 0 Å². The molecule has 0 bridgehead atoms. The van der Waals surface area contributed by atoms with Crippen molar-refractivity contribution in [1.29, 1.82) is 0 Å². The second kappa shape index (κ2) is 22.8. The molecule has 0 rings (SSSR count). The molecule has 0 saturated heterocycles. The maximum atomic E-state index is 11.5. The van der Waals surface area contributed by atoms with Crippen molar-refractivity contribution in [2.45, 2.75) is 0 Å². The van der Waals surface area contributed by atoms with E-state index in [0.29, 0.717) is 26.3 Å². The van der Waals surface area contributed by atoms with E-state index in [1.165, 1.54) is 9.80 Å². The van der Waals surface area contributed by atoms with Gasteiger partial charge >= 0.3 is 23.9 Å². The molecule has 0 aliphatic heterocycles. The van der Waals surface area contributed by atoms with E-state index in [-0.39, 0.29) is 46.1 Å². The molecule has 0 unspecified atom stereocenters. The lowest BCUT2D eigenvalue weighted by Gasteiger charge is -2.20. The zero-order chi connectivity index (χ0) is 25.5. The Bertz CT molecular complexity index is 531. The molecule has 0 atom stereocenters. The van der Waals surface area contributed by atoms with E-state index in [1.54, 1.807) is 0 Å². The molecule has 0 aromatic rings. The van der Waals surface area contributed by atoms with E-state index in [2.05, 4.69) is 4.74 Å². The number of nitrogens with zero attached hydrogens (tertiary/aromatic N) is 2. The molecule has 0 radical (unpaired) electrons. The summed E-state index contributed by atoms with van der Waals surface area (Å²) in [6, 6.07) is 0. The number of carboxylic acids is 3. The summed E-state index contributed by atoms with van der Waals surface area (Å²) in [7, 11) is 0. The third-order valence-corrected chi connectivity index (χ3v) is 3.41. The molecule has 33 heavy (non-hydrogen) atoms. The van der Waals surface area contributed by atoms with Gasteiger partial charge < -0.3 is 46.1 Å². The first-order valence-electron chi connectivity index (χ1n) is 10.1. The summed E-state index contributed by atoms with van der Waals surface area (Å²) in [5, 5.41) is 34.8. The van der Waals surface area contributed by atoms with Gasteiger partial charge in [-0.15, -0.1) is 0 Å². The molecular formula is C18H36N4O11. The molecule has 0 aromatic heterocycles. The van der Waals surface area contributed by atoms with Crippen molar-refractivity contribution in [3.63, 3.8) is 0 Å². The van der Waals surface area contributed by atoms with E-state index in [0.717, 1.165) is 0 Å². The number of carboxylic acid groups (broad SMARTS) is 3. The third-order valence-electron chi connectivity index (χ3n) is 3.41. The maximum absolute atomic E-state index is 11.5. The number of hydrogen-bond acceptors (Lipinski definition) is 12. The van der Waals surface area contributed by atoms with Gasteiger partial charge in [-0.05, 0) is 0 Å². The van der Waals surface area contributed by atoms with E-state index >= 15 is 0 Å². The number of aliphatic hydroxyl groups is 1. The topological polar surface area (TPSA) is 235 Å². The number of rotatable bonds is 20. The van der Waals surface area contributed by atoms with Crippen molar-refractivity contribution < 1.29 is 53.8 Å². The highest BCUT2D eigenvalue weighted by Gasteiger charge is 2.16. The van der Waals surface area contributed by atoms with Crippen LogP contribution in [0.15, 0.2) is 0 Å². The van der Waals surface area contributed by atoms with Crippen molar-refractivity contribution >= 4 is 23.9 Å². The van der Waals surface area contributed by atoms with Gasteiger partial charge in [-0.25, -0.2) is 0 Å². The Hall–Kier alpha value is -2.40. The monoisotopic (exact) mass is 484 g/mol. The van der Waals surface area contributed by atoms with Crippen LogP contribution in [0.2, 0.25) is 0 Å². The molecular weight excluding hydrogens is 448 g/mol. The highest BCUT2D eigenvalue weighted by atomic mass is 16.5. The zero-order valence-corrected chi connectivity index (χ0v) is 18.6. The van der Waals surface area contributed by atoms with Gasteiger partial charge in [0.2, 0.25) is 0 Å². The Kier molecular flexibility index (Phi) is 22.6. The summed E-state index contributed by atoms with van der Waals surface area (Å²) < 4.78 is 14.8. The normalized spacial score (nSPS) is 10.6. The molecule has 0 aliphatic rings. The van der Waals surface area contributed by atoms with Gasteiger partial charge in [0.25, 0.3) is 0 Å². The average molecular weight is 485 g/mol. The Morgan fingerprint density at radius 1 is 0.636 bits per heavy atom. The molecule has 0 aromatic carbocycles. The van der Waals surface area contributed by atoms with Gasteiger partial charge in [0.05, 0.1) is 59.2 Å². The lowest BCUT2D eigenvalue weighted by atomic mass is 10.4. The van der Waals surface area contributed by atoms with Crippen LogP contribution in [0, 0.1) is 0 Å². The number of aliphatic hydroxyl groups excluding tert-OH is 1. The second-order valence-electron chi connectivity index (χ2n) is 6.35. The number of aliphatic carboxylic acids is 3. The van der Waals surface area contributed by atoms with Crippen molar-refractivity contribution in [3.05, 3.63) is 0 Å². The molecule has 15 nitrogen and oxygen atoms in total. The molecule has 15 heteroatoms. The summed E-state index contributed by atoms with van der Waals surface area (Å²) in [6.07, 6.45) is 0. The number of esters is 1. The predicted octanol–water partition coefficient (Wildman–Crippen LogP) is -3.68. The fourth-order valence-electron chi connectivity index (χ4n) is 2.15. The first-order valence-corrected chi connectivity index (χ1v) is 10.1. The van der Waals surface area contributed by atoms with Gasteiger partial charge in [0.15, 0.2) is 0 Å². The molecule has 0 spiro atoms. The van der Waals surface area contributed by atoms with E-state index in [4.69, 9.17) is 41.4 Å². The Morgan fingerprint density at radius 2 is 1.03 bits per heavy atom. The molecule has 0 fully saturated rings. The van der Waals surface area contributed by atoms with Crippen LogP contribution in [0.4, 0.5) is 0 Å². The zero-order valence-electron chi connectivity index (χ0n) is 18.6. The standard InChI is InChI=1S/C14H24N2O10.C4H12N2O/c17-3-6-26-14(24)10-16(9-13(22)23)2-5-25-4-1-15(7-11(18)19)8-12(20)21;5-1-3-7-4-2-6/h17H,1-10H2,(H,18,19)(H,20,21)(H,22,23);1-6H2. The molecule has 8 N–H and O–H groups in total. The number of carbonyl (C=O) groups is 4. The SMILES string of the molecule is NCCOCCN.O=C(O)CN(CCOCCN(CC(=O)O)CC(=O)OCCO)CC(=O)O. The summed E-state index contributed by atoms with van der Waals surface area (Å²) in [4.78, 5) is 46.0. The Morgan fingerprint density at radius 3 is 1.39 bits per heavy atom. The number of carbonyl (C=O) groups excluding carboxylic acids is 1. The molecule has 0 amide bonds. The summed E-state index contributed by atoms with van der Waals surface area (Å²) >= 11 is 0. The Balaban J connectivity index is 0. The fraction of sp³-hybridized carbons (Fsp3) is 0.778. The Labute approximate surface area is 191 Å². The molecule has 0 heterocycles.